The first kappa shape index (κ1) is 13.6. The van der Waals surface area contributed by atoms with Gasteiger partial charge < -0.3 is 0 Å². The molecule has 17 heavy (non-hydrogen) atoms. The maximum Gasteiger partial charge on any atom is 0.133 e. The first-order valence-electron chi connectivity index (χ1n) is 5.42. The van der Waals surface area contributed by atoms with Gasteiger partial charge in [-0.2, -0.15) is 0 Å². The average Bonchev–Trinajstić information content (AvgIpc) is 2.32. The molecule has 3 N–H and O–H groups in total. The Hall–Kier alpha value is -1.44. The molecule has 1 aromatic carbocycles. The summed E-state index contributed by atoms with van der Waals surface area (Å²) in [5.74, 6) is 9.80. The predicted octanol–water partition coefficient (Wildman–Crippen LogP) is 2.58. The van der Waals surface area contributed by atoms with Crippen LogP contribution in [0.5, 0.6) is 0 Å². The number of rotatable bonds is 4. The van der Waals surface area contributed by atoms with E-state index in [0.29, 0.717) is 18.4 Å². The molecule has 0 fully saturated rings. The summed E-state index contributed by atoms with van der Waals surface area (Å²) >= 11 is 0. The molecule has 0 spiro atoms. The minimum Gasteiger partial charge on any atom is -0.271 e. The van der Waals surface area contributed by atoms with Gasteiger partial charge in [-0.05, 0) is 31.9 Å². The van der Waals surface area contributed by atoms with Crippen molar-refractivity contribution in [2.45, 2.75) is 32.7 Å². The van der Waals surface area contributed by atoms with E-state index < -0.39 is 17.7 Å². The Balaban J connectivity index is 3.01. The minimum atomic E-state index is -0.583. The van der Waals surface area contributed by atoms with Crippen molar-refractivity contribution in [3.63, 3.8) is 0 Å². The van der Waals surface area contributed by atoms with E-state index in [1.54, 1.807) is 13.8 Å². The zero-order valence-corrected chi connectivity index (χ0v) is 9.98. The fourth-order valence-corrected chi connectivity index (χ4v) is 1.65. The maximum atomic E-state index is 13.8. The Morgan fingerprint density at radius 1 is 1.41 bits per heavy atom. The van der Waals surface area contributed by atoms with Gasteiger partial charge in [0.05, 0.1) is 6.04 Å². The highest BCUT2D eigenvalue weighted by atomic mass is 19.1. The Bertz CT molecular complexity index is 447. The van der Waals surface area contributed by atoms with Gasteiger partial charge in [-0.1, -0.05) is 6.07 Å². The van der Waals surface area contributed by atoms with Crippen molar-refractivity contribution in [1.82, 2.24) is 5.43 Å². The number of nitrogens with one attached hydrogen (secondary N) is 1. The third-order valence-electron chi connectivity index (χ3n) is 2.60. The van der Waals surface area contributed by atoms with Gasteiger partial charge in [-0.25, -0.2) is 8.78 Å². The van der Waals surface area contributed by atoms with Gasteiger partial charge in [0, 0.05) is 12.0 Å². The van der Waals surface area contributed by atoms with Crippen LogP contribution < -0.4 is 11.3 Å². The zero-order chi connectivity index (χ0) is 12.8. The quantitative estimate of drug-likeness (QED) is 0.480. The lowest BCUT2D eigenvalue weighted by molar-refractivity contribution is 0.456. The van der Waals surface area contributed by atoms with Gasteiger partial charge in [0.15, 0.2) is 0 Å². The average molecular weight is 238 g/mol. The van der Waals surface area contributed by atoms with Crippen molar-refractivity contribution < 1.29 is 8.78 Å². The molecule has 0 aromatic heterocycles. The summed E-state index contributed by atoms with van der Waals surface area (Å²) in [6.45, 7) is 3.32. The lowest BCUT2D eigenvalue weighted by Gasteiger charge is -2.17. The standard InChI is InChI=1S/C13H16F2N2/c1-3-4-5-6-11(17-16)12-10(14)8-7-9(2)13(12)15/h7-8,11,17H,5-6,16H2,1-2H3. The molecule has 0 aliphatic heterocycles. The van der Waals surface area contributed by atoms with Gasteiger partial charge in [-0.15, -0.1) is 11.8 Å². The van der Waals surface area contributed by atoms with Crippen LogP contribution in [0.4, 0.5) is 8.78 Å². The van der Waals surface area contributed by atoms with E-state index in [4.69, 9.17) is 5.84 Å². The number of hydrogen-bond donors (Lipinski definition) is 2. The molecule has 1 aromatic rings. The van der Waals surface area contributed by atoms with Crippen LogP contribution in [-0.2, 0) is 0 Å². The first-order chi connectivity index (χ1) is 8.11. The van der Waals surface area contributed by atoms with Crippen molar-refractivity contribution in [1.29, 1.82) is 0 Å². The van der Waals surface area contributed by atoms with Crippen molar-refractivity contribution >= 4 is 0 Å². The van der Waals surface area contributed by atoms with Crippen molar-refractivity contribution in [2.75, 3.05) is 0 Å². The molecule has 0 amide bonds. The predicted molar refractivity (Wildman–Crippen MR) is 63.8 cm³/mol. The number of halogens is 2. The smallest absolute Gasteiger partial charge is 0.133 e. The minimum absolute atomic E-state index is 0.00889. The maximum absolute atomic E-state index is 13.8. The van der Waals surface area contributed by atoms with E-state index in [2.05, 4.69) is 17.3 Å². The fraction of sp³-hybridized carbons (Fsp3) is 0.385. The summed E-state index contributed by atoms with van der Waals surface area (Å²) in [5.41, 5.74) is 2.84. The molecule has 2 nitrogen and oxygen atoms in total. The van der Waals surface area contributed by atoms with Crippen LogP contribution in [0.2, 0.25) is 0 Å². The summed E-state index contributed by atoms with van der Waals surface area (Å²) in [7, 11) is 0. The lowest BCUT2D eigenvalue weighted by Crippen LogP contribution is -2.29. The van der Waals surface area contributed by atoms with Crippen LogP contribution in [0.1, 0.15) is 36.9 Å². The van der Waals surface area contributed by atoms with Gasteiger partial charge in [0.25, 0.3) is 0 Å². The molecule has 92 valence electrons. The molecule has 0 heterocycles. The molecule has 0 aliphatic carbocycles. The van der Waals surface area contributed by atoms with Crippen LogP contribution in [0.15, 0.2) is 12.1 Å². The third kappa shape index (κ3) is 3.26. The lowest BCUT2D eigenvalue weighted by atomic mass is 9.99. The molecule has 0 saturated heterocycles. The molecular weight excluding hydrogens is 222 g/mol. The monoisotopic (exact) mass is 238 g/mol. The molecule has 0 bridgehead atoms. The Morgan fingerprint density at radius 3 is 2.71 bits per heavy atom. The molecule has 0 radical (unpaired) electrons. The molecule has 1 rings (SSSR count). The Kier molecular flexibility index (Phi) is 5.08. The highest BCUT2D eigenvalue weighted by Crippen LogP contribution is 2.25. The number of hydrogen-bond acceptors (Lipinski definition) is 2. The SMILES string of the molecule is CC#CCCC(NN)c1c(F)ccc(C)c1F. The van der Waals surface area contributed by atoms with Crippen LogP contribution in [0, 0.1) is 30.4 Å². The molecule has 0 saturated carbocycles. The van der Waals surface area contributed by atoms with Gasteiger partial charge >= 0.3 is 0 Å². The van der Waals surface area contributed by atoms with Crippen molar-refractivity contribution in [2.24, 2.45) is 5.84 Å². The number of nitrogens with two attached hydrogens (primary N) is 1. The highest BCUT2D eigenvalue weighted by Gasteiger charge is 2.19. The second kappa shape index (κ2) is 6.33. The topological polar surface area (TPSA) is 38.0 Å². The molecule has 4 heteroatoms. The molecule has 1 unspecified atom stereocenters. The summed E-state index contributed by atoms with van der Waals surface area (Å²) in [4.78, 5) is 0. The zero-order valence-electron chi connectivity index (χ0n) is 9.98. The summed E-state index contributed by atoms with van der Waals surface area (Å²) < 4.78 is 27.4. The highest BCUT2D eigenvalue weighted by molar-refractivity contribution is 5.29. The van der Waals surface area contributed by atoms with E-state index in [9.17, 15) is 8.78 Å². The normalized spacial score (nSPS) is 11.8. The van der Waals surface area contributed by atoms with Crippen LogP contribution in [-0.4, -0.2) is 0 Å². The first-order valence-corrected chi connectivity index (χ1v) is 5.42. The number of hydrazine groups is 1. The van der Waals surface area contributed by atoms with E-state index in [1.807, 2.05) is 0 Å². The van der Waals surface area contributed by atoms with E-state index in [-0.39, 0.29) is 5.56 Å². The summed E-state index contributed by atoms with van der Waals surface area (Å²) in [5, 5.41) is 0. The molecule has 1 atom stereocenters. The summed E-state index contributed by atoms with van der Waals surface area (Å²) in [6.07, 6.45) is 1.01. The molecule has 0 aliphatic rings. The van der Waals surface area contributed by atoms with Gasteiger partial charge in [-0.3, -0.25) is 11.3 Å². The van der Waals surface area contributed by atoms with Gasteiger partial charge in [0.2, 0.25) is 0 Å². The van der Waals surface area contributed by atoms with Crippen LogP contribution in [0.25, 0.3) is 0 Å². The second-order valence-corrected chi connectivity index (χ2v) is 3.78. The van der Waals surface area contributed by atoms with Crippen LogP contribution in [0.3, 0.4) is 0 Å². The largest absolute Gasteiger partial charge is 0.271 e. The third-order valence-corrected chi connectivity index (χ3v) is 2.60. The molecular formula is C13H16F2N2. The number of benzene rings is 1. The fourth-order valence-electron chi connectivity index (χ4n) is 1.65. The summed E-state index contributed by atoms with van der Waals surface area (Å²) in [6, 6.07) is 2.10. The number of aryl methyl sites for hydroxylation is 1. The van der Waals surface area contributed by atoms with E-state index in [1.165, 1.54) is 12.1 Å². The van der Waals surface area contributed by atoms with Crippen molar-refractivity contribution in [3.8, 4) is 11.8 Å². The second-order valence-electron chi connectivity index (χ2n) is 3.78. The van der Waals surface area contributed by atoms with E-state index >= 15 is 0 Å². The van der Waals surface area contributed by atoms with Crippen LogP contribution >= 0.6 is 0 Å². The van der Waals surface area contributed by atoms with E-state index in [0.717, 1.165) is 0 Å². The Morgan fingerprint density at radius 2 is 2.12 bits per heavy atom. The van der Waals surface area contributed by atoms with Gasteiger partial charge in [0.1, 0.15) is 11.6 Å². The van der Waals surface area contributed by atoms with Crippen molar-refractivity contribution in [3.05, 3.63) is 34.9 Å². The Labute approximate surface area is 100 Å².